The van der Waals surface area contributed by atoms with Gasteiger partial charge in [0.15, 0.2) is 0 Å². The van der Waals surface area contributed by atoms with Crippen LogP contribution in [0.3, 0.4) is 0 Å². The number of hydroxylamine groups is 2. The Balaban J connectivity index is 3.00. The molecule has 1 aliphatic rings. The second-order valence-electron chi connectivity index (χ2n) is 6.11. The second-order valence-corrected chi connectivity index (χ2v) is 6.11. The summed E-state index contributed by atoms with van der Waals surface area (Å²) in [5.74, 6) is -0.203. The molecule has 0 bridgehead atoms. The number of rotatable bonds is 3. The number of likely N-dealkylation sites (N-methyl/N-ethyl adjacent to an activating group) is 1. The summed E-state index contributed by atoms with van der Waals surface area (Å²) in [6.07, 6.45) is 1.53. The molecule has 1 unspecified atom stereocenters. The van der Waals surface area contributed by atoms with Crippen LogP contribution in [-0.2, 0) is 14.4 Å². The minimum atomic E-state index is -0.854. The lowest BCUT2D eigenvalue weighted by Crippen LogP contribution is -2.57. The summed E-state index contributed by atoms with van der Waals surface area (Å²) in [7, 11) is 3.00. The van der Waals surface area contributed by atoms with E-state index in [-0.39, 0.29) is 5.91 Å². The van der Waals surface area contributed by atoms with Gasteiger partial charge in [0.2, 0.25) is 0 Å². The predicted octanol–water partition coefficient (Wildman–Crippen LogP) is 2.19. The maximum Gasteiger partial charge on any atom is 0.411 e. The SMILES string of the molecule is CCC1(C(=O)N(C)OC)CCCN1C(=O)OC(C)(C)C. The lowest BCUT2D eigenvalue weighted by molar-refractivity contribution is -0.180. The van der Waals surface area contributed by atoms with Crippen molar-refractivity contribution in [1.82, 2.24) is 9.96 Å². The molecule has 1 fully saturated rings. The van der Waals surface area contributed by atoms with Crippen molar-refractivity contribution in [2.24, 2.45) is 0 Å². The van der Waals surface area contributed by atoms with Gasteiger partial charge in [0.25, 0.3) is 5.91 Å². The zero-order valence-corrected chi connectivity index (χ0v) is 13.4. The third kappa shape index (κ3) is 3.23. The molecule has 6 nitrogen and oxygen atoms in total. The smallest absolute Gasteiger partial charge is 0.411 e. The van der Waals surface area contributed by atoms with E-state index in [2.05, 4.69) is 0 Å². The van der Waals surface area contributed by atoms with Crippen molar-refractivity contribution in [3.63, 3.8) is 0 Å². The normalized spacial score (nSPS) is 22.8. The van der Waals surface area contributed by atoms with Gasteiger partial charge in [-0.2, -0.15) is 0 Å². The molecule has 1 saturated heterocycles. The van der Waals surface area contributed by atoms with Gasteiger partial charge in [0.1, 0.15) is 11.1 Å². The van der Waals surface area contributed by atoms with E-state index in [1.54, 1.807) is 11.9 Å². The molecule has 0 saturated carbocycles. The number of ether oxygens (including phenoxy) is 1. The molecule has 0 N–H and O–H groups in total. The molecule has 1 heterocycles. The van der Waals surface area contributed by atoms with Crippen molar-refractivity contribution in [3.05, 3.63) is 0 Å². The second kappa shape index (κ2) is 5.99. The van der Waals surface area contributed by atoms with E-state index in [0.29, 0.717) is 19.4 Å². The number of amides is 2. The predicted molar refractivity (Wildman–Crippen MR) is 75.0 cm³/mol. The average molecular weight is 286 g/mol. The standard InChI is InChI=1S/C14H26N2O4/c1-7-14(11(17)15(5)19-6)9-8-10-16(14)12(18)20-13(2,3)4/h7-10H2,1-6H3. The first-order valence-electron chi connectivity index (χ1n) is 7.01. The highest BCUT2D eigenvalue weighted by molar-refractivity contribution is 5.89. The highest BCUT2D eigenvalue weighted by Gasteiger charge is 2.51. The van der Waals surface area contributed by atoms with Gasteiger partial charge in [-0.1, -0.05) is 6.92 Å². The van der Waals surface area contributed by atoms with Gasteiger partial charge in [0.05, 0.1) is 7.11 Å². The molecule has 116 valence electrons. The third-order valence-corrected chi connectivity index (χ3v) is 3.65. The summed E-state index contributed by atoms with van der Waals surface area (Å²) < 4.78 is 5.42. The van der Waals surface area contributed by atoms with Crippen LogP contribution < -0.4 is 0 Å². The molecule has 6 heteroatoms. The van der Waals surface area contributed by atoms with Gasteiger partial charge in [0, 0.05) is 13.6 Å². The minimum Gasteiger partial charge on any atom is -0.444 e. The molecule has 0 aromatic heterocycles. The molecular weight excluding hydrogens is 260 g/mol. The number of hydrogen-bond acceptors (Lipinski definition) is 4. The molecule has 2 amide bonds. The first-order chi connectivity index (χ1) is 9.18. The number of carbonyl (C=O) groups is 2. The van der Waals surface area contributed by atoms with Crippen molar-refractivity contribution in [2.45, 2.75) is 58.1 Å². The lowest BCUT2D eigenvalue weighted by atomic mass is 9.92. The highest BCUT2D eigenvalue weighted by atomic mass is 16.7. The van der Waals surface area contributed by atoms with Crippen LogP contribution in [-0.4, -0.2) is 53.8 Å². The van der Waals surface area contributed by atoms with Crippen molar-refractivity contribution in [1.29, 1.82) is 0 Å². The topological polar surface area (TPSA) is 59.1 Å². The first kappa shape index (κ1) is 16.8. The van der Waals surface area contributed by atoms with E-state index in [1.165, 1.54) is 12.2 Å². The van der Waals surface area contributed by atoms with Gasteiger partial charge in [-0.15, -0.1) is 0 Å². The van der Waals surface area contributed by atoms with Crippen LogP contribution in [0.1, 0.15) is 47.0 Å². The fourth-order valence-electron chi connectivity index (χ4n) is 2.58. The minimum absolute atomic E-state index is 0.203. The van der Waals surface area contributed by atoms with Crippen LogP contribution in [0.15, 0.2) is 0 Å². The fourth-order valence-corrected chi connectivity index (χ4v) is 2.58. The van der Waals surface area contributed by atoms with E-state index in [9.17, 15) is 9.59 Å². The molecular formula is C14H26N2O4. The van der Waals surface area contributed by atoms with Gasteiger partial charge >= 0.3 is 6.09 Å². The summed E-state index contributed by atoms with van der Waals surface area (Å²) in [4.78, 5) is 31.4. The van der Waals surface area contributed by atoms with E-state index >= 15 is 0 Å². The number of hydrogen-bond donors (Lipinski definition) is 0. The van der Waals surface area contributed by atoms with Crippen molar-refractivity contribution < 1.29 is 19.2 Å². The highest BCUT2D eigenvalue weighted by Crippen LogP contribution is 2.35. The number of carbonyl (C=O) groups excluding carboxylic acids is 2. The Morgan fingerprint density at radius 2 is 1.95 bits per heavy atom. The third-order valence-electron chi connectivity index (χ3n) is 3.65. The Hall–Kier alpha value is -1.30. The summed E-state index contributed by atoms with van der Waals surface area (Å²) in [5, 5.41) is 1.19. The Kier molecular flexibility index (Phi) is 5.02. The van der Waals surface area contributed by atoms with E-state index < -0.39 is 17.2 Å². The van der Waals surface area contributed by atoms with Crippen molar-refractivity contribution in [3.8, 4) is 0 Å². The van der Waals surface area contributed by atoms with E-state index in [4.69, 9.17) is 9.57 Å². The fraction of sp³-hybridized carbons (Fsp3) is 0.857. The lowest BCUT2D eigenvalue weighted by Gasteiger charge is -2.38. The summed E-state index contributed by atoms with van der Waals surface area (Å²) >= 11 is 0. The average Bonchev–Trinajstić information content (AvgIpc) is 2.79. The Morgan fingerprint density at radius 1 is 1.35 bits per heavy atom. The first-order valence-corrected chi connectivity index (χ1v) is 7.01. The van der Waals surface area contributed by atoms with Crippen LogP contribution in [0.25, 0.3) is 0 Å². The Bertz CT molecular complexity index is 378. The molecule has 1 aliphatic heterocycles. The summed E-state index contributed by atoms with van der Waals surface area (Å²) in [6.45, 7) is 7.89. The molecule has 0 spiro atoms. The van der Waals surface area contributed by atoms with Gasteiger partial charge in [-0.3, -0.25) is 14.5 Å². The number of nitrogens with zero attached hydrogens (tertiary/aromatic N) is 2. The van der Waals surface area contributed by atoms with E-state index in [0.717, 1.165) is 6.42 Å². The largest absolute Gasteiger partial charge is 0.444 e. The number of likely N-dealkylation sites (tertiary alicyclic amines) is 1. The van der Waals surface area contributed by atoms with Gasteiger partial charge in [-0.25, -0.2) is 9.86 Å². The molecule has 20 heavy (non-hydrogen) atoms. The molecule has 0 aromatic rings. The summed E-state index contributed by atoms with van der Waals surface area (Å²) in [5.41, 5.74) is -1.43. The van der Waals surface area contributed by atoms with E-state index in [1.807, 2.05) is 27.7 Å². The van der Waals surface area contributed by atoms with Gasteiger partial charge < -0.3 is 4.74 Å². The van der Waals surface area contributed by atoms with Crippen molar-refractivity contribution >= 4 is 12.0 Å². The summed E-state index contributed by atoms with van der Waals surface area (Å²) in [6, 6.07) is 0. The maximum absolute atomic E-state index is 12.6. The van der Waals surface area contributed by atoms with Gasteiger partial charge in [-0.05, 0) is 40.0 Å². The van der Waals surface area contributed by atoms with Crippen LogP contribution >= 0.6 is 0 Å². The molecule has 0 radical (unpaired) electrons. The molecule has 1 atom stereocenters. The molecule has 1 rings (SSSR count). The Labute approximate surface area is 121 Å². The quantitative estimate of drug-likeness (QED) is 0.746. The molecule has 0 aromatic carbocycles. The van der Waals surface area contributed by atoms with Crippen LogP contribution in [0.4, 0.5) is 4.79 Å². The van der Waals surface area contributed by atoms with Crippen LogP contribution in [0, 0.1) is 0 Å². The zero-order chi connectivity index (χ0) is 15.6. The zero-order valence-electron chi connectivity index (χ0n) is 13.4. The monoisotopic (exact) mass is 286 g/mol. The van der Waals surface area contributed by atoms with Crippen molar-refractivity contribution in [2.75, 3.05) is 20.7 Å². The van der Waals surface area contributed by atoms with Crippen LogP contribution in [0.5, 0.6) is 0 Å². The maximum atomic E-state index is 12.6. The van der Waals surface area contributed by atoms with Crippen LogP contribution in [0.2, 0.25) is 0 Å². The molecule has 0 aliphatic carbocycles. The Morgan fingerprint density at radius 3 is 2.40 bits per heavy atom.